The molecule has 1 amide bonds. The molecule has 1 aliphatic carbocycles. The predicted molar refractivity (Wildman–Crippen MR) is 92.9 cm³/mol. The van der Waals surface area contributed by atoms with Crippen LogP contribution >= 0.6 is 11.3 Å². The highest BCUT2D eigenvalue weighted by Gasteiger charge is 2.20. The fraction of sp³-hybridized carbons (Fsp3) is 0.647. The number of carbonyl (C=O) groups is 1. The topological polar surface area (TPSA) is 73.9 Å². The van der Waals surface area contributed by atoms with Crippen molar-refractivity contribution in [3.05, 3.63) is 16.0 Å². The second-order valence-electron chi connectivity index (χ2n) is 6.50. The van der Waals surface area contributed by atoms with E-state index in [1.807, 2.05) is 0 Å². The number of thiophene rings is 1. The first kappa shape index (κ1) is 17.9. The standard InChI is InChI=1S/C17H26N4OS/c1-21(2)11-10-19-9-8-16(22)20-17-14(12-18)13-6-4-3-5-7-15(13)23-17/h19H,3-11H2,1-2H3,(H,20,22)/p+2. The summed E-state index contributed by atoms with van der Waals surface area (Å²) in [5.41, 5.74) is 1.89. The molecule has 0 saturated heterocycles. The molecule has 4 N–H and O–H groups in total. The molecule has 1 aliphatic rings. The van der Waals surface area contributed by atoms with Gasteiger partial charge in [0.1, 0.15) is 24.2 Å². The molecule has 2 rings (SSSR count). The number of likely N-dealkylation sites (N-methyl/N-ethyl adjacent to an activating group) is 1. The molecule has 0 unspecified atom stereocenters. The Morgan fingerprint density at radius 2 is 2.09 bits per heavy atom. The van der Waals surface area contributed by atoms with Crippen LogP contribution in [-0.4, -0.2) is 39.6 Å². The Bertz CT molecular complexity index is 574. The van der Waals surface area contributed by atoms with Crippen LogP contribution in [0.5, 0.6) is 0 Å². The summed E-state index contributed by atoms with van der Waals surface area (Å²) in [6.45, 7) is 2.93. The van der Waals surface area contributed by atoms with Gasteiger partial charge in [0.2, 0.25) is 5.91 Å². The molecule has 0 radical (unpaired) electrons. The lowest BCUT2D eigenvalue weighted by molar-refractivity contribution is -0.874. The first-order chi connectivity index (χ1) is 11.1. The first-order valence-corrected chi connectivity index (χ1v) is 9.38. The van der Waals surface area contributed by atoms with E-state index in [1.54, 1.807) is 11.3 Å². The minimum absolute atomic E-state index is 0.0198. The van der Waals surface area contributed by atoms with Crippen molar-refractivity contribution in [2.45, 2.75) is 38.5 Å². The molecule has 0 saturated carbocycles. The number of aryl methyl sites for hydroxylation is 1. The van der Waals surface area contributed by atoms with E-state index in [4.69, 9.17) is 0 Å². The van der Waals surface area contributed by atoms with E-state index >= 15 is 0 Å². The van der Waals surface area contributed by atoms with Crippen molar-refractivity contribution in [2.75, 3.05) is 39.0 Å². The minimum atomic E-state index is 0.0198. The third-order valence-corrected chi connectivity index (χ3v) is 5.42. The molecule has 6 heteroatoms. The van der Waals surface area contributed by atoms with Crippen LogP contribution in [0, 0.1) is 11.3 Å². The van der Waals surface area contributed by atoms with Crippen molar-refractivity contribution in [2.24, 2.45) is 0 Å². The van der Waals surface area contributed by atoms with E-state index < -0.39 is 0 Å². The molecule has 1 aromatic rings. The Balaban J connectivity index is 1.87. The van der Waals surface area contributed by atoms with Gasteiger partial charge < -0.3 is 15.5 Å². The van der Waals surface area contributed by atoms with Crippen molar-refractivity contribution in [1.29, 1.82) is 5.26 Å². The number of rotatable bonds is 7. The second kappa shape index (κ2) is 9.02. The molecule has 0 bridgehead atoms. The highest BCUT2D eigenvalue weighted by molar-refractivity contribution is 7.16. The number of nitriles is 1. The zero-order chi connectivity index (χ0) is 16.7. The zero-order valence-electron chi connectivity index (χ0n) is 14.2. The largest absolute Gasteiger partial charge is 0.341 e. The van der Waals surface area contributed by atoms with Crippen LogP contribution in [-0.2, 0) is 17.6 Å². The Labute approximate surface area is 142 Å². The molecule has 0 atom stereocenters. The van der Waals surface area contributed by atoms with Crippen molar-refractivity contribution in [1.82, 2.24) is 0 Å². The summed E-state index contributed by atoms with van der Waals surface area (Å²) in [7, 11) is 4.26. The summed E-state index contributed by atoms with van der Waals surface area (Å²) in [5.74, 6) is 0.0198. The van der Waals surface area contributed by atoms with Gasteiger partial charge in [0.15, 0.2) is 0 Å². The molecule has 23 heavy (non-hydrogen) atoms. The van der Waals surface area contributed by atoms with Crippen molar-refractivity contribution in [3.8, 4) is 6.07 Å². The smallest absolute Gasteiger partial charge is 0.230 e. The van der Waals surface area contributed by atoms with Crippen LogP contribution < -0.4 is 15.5 Å². The number of fused-ring (bicyclic) bond motifs is 1. The molecule has 126 valence electrons. The lowest BCUT2D eigenvalue weighted by Crippen LogP contribution is -3.09. The van der Waals surface area contributed by atoms with Crippen molar-refractivity contribution >= 4 is 22.2 Å². The Morgan fingerprint density at radius 1 is 1.30 bits per heavy atom. The van der Waals surface area contributed by atoms with E-state index in [9.17, 15) is 10.1 Å². The number of anilines is 1. The Morgan fingerprint density at radius 3 is 2.83 bits per heavy atom. The number of nitrogens with zero attached hydrogens (tertiary/aromatic N) is 1. The van der Waals surface area contributed by atoms with Gasteiger partial charge in [-0.25, -0.2) is 0 Å². The van der Waals surface area contributed by atoms with Gasteiger partial charge in [0.25, 0.3) is 0 Å². The number of nitrogens with two attached hydrogens (primary N) is 1. The molecule has 1 aromatic heterocycles. The van der Waals surface area contributed by atoms with E-state index in [-0.39, 0.29) is 5.91 Å². The molecule has 0 aromatic carbocycles. The third kappa shape index (κ3) is 5.31. The number of quaternary nitrogens is 2. The Kier molecular flexibility index (Phi) is 7.03. The maximum Gasteiger partial charge on any atom is 0.230 e. The maximum absolute atomic E-state index is 12.1. The zero-order valence-corrected chi connectivity index (χ0v) is 15.0. The van der Waals surface area contributed by atoms with Gasteiger partial charge in [-0.2, -0.15) is 5.26 Å². The maximum atomic E-state index is 12.1. The summed E-state index contributed by atoms with van der Waals surface area (Å²) in [5, 5.41) is 15.4. The highest BCUT2D eigenvalue weighted by Crippen LogP contribution is 2.36. The number of hydrogen-bond donors (Lipinski definition) is 3. The van der Waals surface area contributed by atoms with Gasteiger partial charge in [-0.05, 0) is 31.2 Å². The fourth-order valence-corrected chi connectivity index (χ4v) is 4.16. The summed E-state index contributed by atoms with van der Waals surface area (Å²) in [4.78, 5) is 14.8. The van der Waals surface area contributed by atoms with Gasteiger partial charge in [-0.3, -0.25) is 4.79 Å². The van der Waals surface area contributed by atoms with Gasteiger partial charge >= 0.3 is 0 Å². The van der Waals surface area contributed by atoms with Crippen LogP contribution in [0.4, 0.5) is 5.00 Å². The monoisotopic (exact) mass is 336 g/mol. The lowest BCUT2D eigenvalue weighted by Gasteiger charge is -2.06. The molecular weight excluding hydrogens is 308 g/mol. The number of amides is 1. The number of nitrogens with one attached hydrogen (secondary N) is 2. The fourth-order valence-electron chi connectivity index (χ4n) is 2.91. The average Bonchev–Trinajstić information content (AvgIpc) is 2.67. The van der Waals surface area contributed by atoms with Crippen molar-refractivity contribution in [3.63, 3.8) is 0 Å². The normalized spacial score (nSPS) is 14.2. The van der Waals surface area contributed by atoms with E-state index in [0.29, 0.717) is 12.0 Å². The highest BCUT2D eigenvalue weighted by atomic mass is 32.1. The molecular formula is C17H28N4OS+2. The number of carbonyl (C=O) groups excluding carboxylic acids is 1. The first-order valence-electron chi connectivity index (χ1n) is 8.57. The van der Waals surface area contributed by atoms with Crippen LogP contribution in [0.3, 0.4) is 0 Å². The van der Waals surface area contributed by atoms with E-state index in [1.165, 1.54) is 28.2 Å². The summed E-state index contributed by atoms with van der Waals surface area (Å²) in [6, 6.07) is 2.31. The van der Waals surface area contributed by atoms with Gasteiger partial charge in [0.05, 0.1) is 32.6 Å². The minimum Gasteiger partial charge on any atom is -0.341 e. The van der Waals surface area contributed by atoms with Gasteiger partial charge in [-0.15, -0.1) is 11.3 Å². The summed E-state index contributed by atoms with van der Waals surface area (Å²) >= 11 is 1.61. The van der Waals surface area contributed by atoms with Gasteiger partial charge in [-0.1, -0.05) is 6.42 Å². The average molecular weight is 337 g/mol. The molecule has 0 aliphatic heterocycles. The molecule has 1 heterocycles. The lowest BCUT2D eigenvalue weighted by atomic mass is 10.1. The molecule has 0 fully saturated rings. The van der Waals surface area contributed by atoms with Crippen LogP contribution in [0.25, 0.3) is 0 Å². The Hall–Kier alpha value is -1.42. The number of hydrogen-bond acceptors (Lipinski definition) is 3. The molecule has 0 spiro atoms. The van der Waals surface area contributed by atoms with E-state index in [2.05, 4.69) is 30.8 Å². The van der Waals surface area contributed by atoms with Crippen LogP contribution in [0.15, 0.2) is 0 Å². The van der Waals surface area contributed by atoms with Gasteiger partial charge in [0, 0.05) is 4.88 Å². The van der Waals surface area contributed by atoms with Crippen LogP contribution in [0.1, 0.15) is 41.7 Å². The quantitative estimate of drug-likeness (QED) is 0.481. The van der Waals surface area contributed by atoms with E-state index in [0.717, 1.165) is 43.9 Å². The van der Waals surface area contributed by atoms with Crippen LogP contribution in [0.2, 0.25) is 0 Å². The van der Waals surface area contributed by atoms with Crippen molar-refractivity contribution < 1.29 is 15.0 Å². The summed E-state index contributed by atoms with van der Waals surface area (Å²) < 4.78 is 0. The molecule has 5 nitrogen and oxygen atoms in total. The SMILES string of the molecule is C[NH+](C)CC[NH2+]CCC(=O)Nc1sc2c(c1C#N)CCCCC2. The third-order valence-electron chi connectivity index (χ3n) is 4.21. The predicted octanol–water partition coefficient (Wildman–Crippen LogP) is -0.0748. The summed E-state index contributed by atoms with van der Waals surface area (Å²) in [6.07, 6.45) is 6.09. The second-order valence-corrected chi connectivity index (χ2v) is 7.61.